The van der Waals surface area contributed by atoms with Crippen molar-refractivity contribution < 1.29 is 22.7 Å². The van der Waals surface area contributed by atoms with Crippen LogP contribution in [0.3, 0.4) is 0 Å². The molecule has 1 aromatic heterocycles. The molecule has 3 nitrogen and oxygen atoms in total. The number of halogens is 4. The molecule has 0 aromatic carbocycles. The van der Waals surface area contributed by atoms with Crippen molar-refractivity contribution in [2.75, 3.05) is 0 Å². The molecule has 0 fully saturated rings. The second kappa shape index (κ2) is 3.83. The minimum Gasteiger partial charge on any atom is -0.388 e. The van der Waals surface area contributed by atoms with E-state index in [0.29, 0.717) is 0 Å². The van der Waals surface area contributed by atoms with Gasteiger partial charge in [0.15, 0.2) is 6.29 Å². The number of hydrogen-bond acceptors (Lipinski definition) is 3. The van der Waals surface area contributed by atoms with Gasteiger partial charge in [-0.05, 0) is 6.07 Å². The second-order valence-electron chi connectivity index (χ2n) is 2.21. The lowest BCUT2D eigenvalue weighted by Crippen LogP contribution is -2.18. The van der Waals surface area contributed by atoms with Crippen molar-refractivity contribution in [3.05, 3.63) is 22.8 Å². The Kier molecular flexibility index (Phi) is 2.95. The highest BCUT2D eigenvalue weighted by molar-refractivity contribution is 6.30. The van der Waals surface area contributed by atoms with Gasteiger partial charge in [-0.3, -0.25) is 4.79 Å². The van der Waals surface area contributed by atoms with Crippen molar-refractivity contribution in [2.45, 2.75) is 6.36 Å². The number of nitrogens with zero attached hydrogens (tertiary/aromatic N) is 1. The zero-order valence-electron chi connectivity index (χ0n) is 6.51. The summed E-state index contributed by atoms with van der Waals surface area (Å²) in [6.07, 6.45) is -4.58. The van der Waals surface area contributed by atoms with Crippen LogP contribution in [-0.2, 0) is 0 Å². The summed E-state index contributed by atoms with van der Waals surface area (Å²) < 4.78 is 38.6. The van der Waals surface area contributed by atoms with Crippen LogP contribution in [0.5, 0.6) is 5.88 Å². The van der Waals surface area contributed by atoms with Crippen LogP contribution in [0.15, 0.2) is 12.1 Å². The summed E-state index contributed by atoms with van der Waals surface area (Å²) in [5.41, 5.74) is -0.225. The minimum atomic E-state index is -4.85. The van der Waals surface area contributed by atoms with Gasteiger partial charge in [-0.2, -0.15) is 0 Å². The molecule has 7 heteroatoms. The van der Waals surface area contributed by atoms with E-state index in [4.69, 9.17) is 11.6 Å². The summed E-state index contributed by atoms with van der Waals surface area (Å²) in [6.45, 7) is 0. The van der Waals surface area contributed by atoms with Crippen molar-refractivity contribution in [3.63, 3.8) is 0 Å². The maximum absolute atomic E-state index is 11.7. The number of rotatable bonds is 2. The molecule has 0 unspecified atom stereocenters. The lowest BCUT2D eigenvalue weighted by molar-refractivity contribution is -0.276. The normalized spacial score (nSPS) is 11.1. The summed E-state index contributed by atoms with van der Waals surface area (Å²) in [6, 6.07) is 1.99. The summed E-state index contributed by atoms with van der Waals surface area (Å²) >= 11 is 5.41. The van der Waals surface area contributed by atoms with E-state index < -0.39 is 12.2 Å². The highest BCUT2D eigenvalue weighted by atomic mass is 35.5. The number of carbonyl (C=O) groups excluding carboxylic acids is 1. The number of ether oxygens (including phenoxy) is 1. The number of pyridine rings is 1. The molecule has 14 heavy (non-hydrogen) atoms. The fourth-order valence-corrected chi connectivity index (χ4v) is 0.929. The predicted molar refractivity (Wildman–Crippen MR) is 41.3 cm³/mol. The standard InChI is InChI=1S/C7H3ClF3NO2/c8-4-1-5(3-13)12-6(2-4)14-7(9,10)11/h1-3H. The van der Waals surface area contributed by atoms with E-state index in [1.54, 1.807) is 0 Å². The third-order valence-corrected chi connectivity index (χ3v) is 1.35. The van der Waals surface area contributed by atoms with Crippen molar-refractivity contribution >= 4 is 17.9 Å². The van der Waals surface area contributed by atoms with Gasteiger partial charge in [-0.1, -0.05) is 11.6 Å². The molecular formula is C7H3ClF3NO2. The molecule has 1 rings (SSSR count). The summed E-state index contributed by atoms with van der Waals surface area (Å²) in [5.74, 6) is -0.757. The molecule has 76 valence electrons. The van der Waals surface area contributed by atoms with E-state index in [1.165, 1.54) is 0 Å². The van der Waals surface area contributed by atoms with Crippen molar-refractivity contribution in [1.82, 2.24) is 4.98 Å². The Morgan fingerprint density at radius 3 is 2.57 bits per heavy atom. The third-order valence-electron chi connectivity index (χ3n) is 1.13. The topological polar surface area (TPSA) is 39.2 Å². The van der Waals surface area contributed by atoms with Crippen LogP contribution in [0.4, 0.5) is 13.2 Å². The van der Waals surface area contributed by atoms with Crippen molar-refractivity contribution in [2.24, 2.45) is 0 Å². The van der Waals surface area contributed by atoms with Crippen LogP contribution in [0.25, 0.3) is 0 Å². The highest BCUT2D eigenvalue weighted by Gasteiger charge is 2.32. The molecular weight excluding hydrogens is 223 g/mol. The average molecular weight is 226 g/mol. The second-order valence-corrected chi connectivity index (χ2v) is 2.65. The molecule has 0 atom stereocenters. The van der Waals surface area contributed by atoms with Gasteiger partial charge in [0.05, 0.1) is 0 Å². The van der Waals surface area contributed by atoms with E-state index in [0.717, 1.165) is 12.1 Å². The predicted octanol–water partition coefficient (Wildman–Crippen LogP) is 2.45. The Hall–Kier alpha value is -1.30. The van der Waals surface area contributed by atoms with Crippen LogP contribution in [0.2, 0.25) is 5.02 Å². The molecule has 0 aliphatic rings. The first-order chi connectivity index (χ1) is 6.40. The summed E-state index contributed by atoms with van der Waals surface area (Å²) in [4.78, 5) is 13.5. The van der Waals surface area contributed by atoms with Gasteiger partial charge in [0.25, 0.3) is 0 Å². The van der Waals surface area contributed by atoms with Crippen LogP contribution >= 0.6 is 11.6 Å². The van der Waals surface area contributed by atoms with E-state index in [9.17, 15) is 18.0 Å². The largest absolute Gasteiger partial charge is 0.574 e. The Bertz CT molecular complexity index is 353. The van der Waals surface area contributed by atoms with E-state index in [1.807, 2.05) is 0 Å². The molecule has 1 aromatic rings. The molecule has 0 aliphatic carbocycles. The van der Waals surface area contributed by atoms with Gasteiger partial charge < -0.3 is 4.74 Å². The Labute approximate surface area is 81.5 Å². The zero-order chi connectivity index (χ0) is 10.8. The van der Waals surface area contributed by atoms with Gasteiger partial charge in [0.1, 0.15) is 5.69 Å². The number of alkyl halides is 3. The van der Waals surface area contributed by atoms with Gasteiger partial charge in [-0.25, -0.2) is 4.98 Å². The molecule has 1 heterocycles. The van der Waals surface area contributed by atoms with Gasteiger partial charge in [-0.15, -0.1) is 13.2 Å². The Morgan fingerprint density at radius 2 is 2.07 bits per heavy atom. The quantitative estimate of drug-likeness (QED) is 0.726. The smallest absolute Gasteiger partial charge is 0.388 e. The van der Waals surface area contributed by atoms with E-state index in [2.05, 4.69) is 9.72 Å². The number of hydrogen-bond donors (Lipinski definition) is 0. The fourth-order valence-electron chi connectivity index (χ4n) is 0.724. The lowest BCUT2D eigenvalue weighted by Gasteiger charge is -2.07. The molecule has 0 bridgehead atoms. The van der Waals surface area contributed by atoms with Crippen LogP contribution in [-0.4, -0.2) is 17.6 Å². The molecule has 0 saturated carbocycles. The molecule has 0 spiro atoms. The molecule has 0 radical (unpaired) electrons. The third kappa shape index (κ3) is 3.21. The van der Waals surface area contributed by atoms with Gasteiger partial charge in [0.2, 0.25) is 5.88 Å². The minimum absolute atomic E-state index is 0.0543. The molecule has 0 aliphatic heterocycles. The monoisotopic (exact) mass is 225 g/mol. The maximum Gasteiger partial charge on any atom is 0.574 e. The first kappa shape index (κ1) is 10.8. The molecule has 0 N–H and O–H groups in total. The van der Waals surface area contributed by atoms with E-state index in [-0.39, 0.29) is 17.0 Å². The Balaban J connectivity index is 2.98. The summed E-state index contributed by atoms with van der Waals surface area (Å²) in [7, 11) is 0. The van der Waals surface area contributed by atoms with Gasteiger partial charge >= 0.3 is 6.36 Å². The summed E-state index contributed by atoms with van der Waals surface area (Å²) in [5, 5.41) is -0.0543. The van der Waals surface area contributed by atoms with Gasteiger partial charge in [0, 0.05) is 11.1 Å². The zero-order valence-corrected chi connectivity index (χ0v) is 7.26. The number of aldehydes is 1. The fraction of sp³-hybridized carbons (Fsp3) is 0.143. The van der Waals surface area contributed by atoms with E-state index >= 15 is 0 Å². The van der Waals surface area contributed by atoms with Crippen molar-refractivity contribution in [1.29, 1.82) is 0 Å². The highest BCUT2D eigenvalue weighted by Crippen LogP contribution is 2.23. The first-order valence-corrected chi connectivity index (χ1v) is 3.67. The van der Waals surface area contributed by atoms with Crippen LogP contribution in [0, 0.1) is 0 Å². The first-order valence-electron chi connectivity index (χ1n) is 3.29. The maximum atomic E-state index is 11.7. The lowest BCUT2D eigenvalue weighted by atomic mass is 10.4. The SMILES string of the molecule is O=Cc1cc(Cl)cc(OC(F)(F)F)n1. The van der Waals surface area contributed by atoms with Crippen molar-refractivity contribution in [3.8, 4) is 5.88 Å². The van der Waals surface area contributed by atoms with Crippen LogP contribution in [0.1, 0.15) is 10.5 Å². The number of aromatic nitrogens is 1. The Morgan fingerprint density at radius 1 is 1.43 bits per heavy atom. The average Bonchev–Trinajstić information content (AvgIpc) is 1.99. The van der Waals surface area contributed by atoms with Crippen LogP contribution < -0.4 is 4.74 Å². The molecule has 0 amide bonds. The molecule has 0 saturated heterocycles. The number of carbonyl (C=O) groups is 1.